The first-order valence-corrected chi connectivity index (χ1v) is 5.62. The number of hydrogen-bond donors (Lipinski definition) is 0. The average Bonchev–Trinajstić information content (AvgIpc) is 2.39. The highest BCUT2D eigenvalue weighted by Crippen LogP contribution is 2.18. The highest BCUT2D eigenvalue weighted by molar-refractivity contribution is 5.80. The van der Waals surface area contributed by atoms with Crippen LogP contribution >= 0.6 is 0 Å². The van der Waals surface area contributed by atoms with Crippen LogP contribution in [-0.4, -0.2) is 9.97 Å². The van der Waals surface area contributed by atoms with Gasteiger partial charge in [0.1, 0.15) is 0 Å². The normalized spacial score (nSPS) is 10.6. The maximum Gasteiger partial charge on any atom is 0.159 e. The van der Waals surface area contributed by atoms with E-state index in [0.717, 1.165) is 22.3 Å². The van der Waals surface area contributed by atoms with Crippen molar-refractivity contribution in [1.82, 2.24) is 9.97 Å². The van der Waals surface area contributed by atoms with Gasteiger partial charge >= 0.3 is 0 Å². The molecule has 0 aliphatic heterocycles. The van der Waals surface area contributed by atoms with E-state index < -0.39 is 0 Å². The summed E-state index contributed by atoms with van der Waals surface area (Å²) in [6, 6.07) is 16.3. The Morgan fingerprint density at radius 2 is 1.76 bits per heavy atom. The summed E-state index contributed by atoms with van der Waals surface area (Å²) in [4.78, 5) is 8.98. The van der Waals surface area contributed by atoms with E-state index in [1.54, 1.807) is 0 Å². The fourth-order valence-corrected chi connectivity index (χ4v) is 1.88. The van der Waals surface area contributed by atoms with Crippen molar-refractivity contribution in [2.45, 2.75) is 6.92 Å². The number of benzene rings is 2. The third-order valence-electron chi connectivity index (χ3n) is 2.77. The molecule has 0 bridgehead atoms. The summed E-state index contributed by atoms with van der Waals surface area (Å²) in [5, 5.41) is 1.09. The lowest BCUT2D eigenvalue weighted by Crippen LogP contribution is -1.89. The fraction of sp³-hybridized carbons (Fsp3) is 0.0667. The molecule has 0 amide bonds. The zero-order valence-corrected chi connectivity index (χ0v) is 9.59. The van der Waals surface area contributed by atoms with Crippen LogP contribution < -0.4 is 0 Å². The molecule has 82 valence electrons. The van der Waals surface area contributed by atoms with Crippen molar-refractivity contribution in [1.29, 1.82) is 0 Å². The molecule has 0 aliphatic carbocycles. The van der Waals surface area contributed by atoms with Gasteiger partial charge in [-0.1, -0.05) is 42.0 Å². The zero-order chi connectivity index (χ0) is 11.7. The molecule has 1 heterocycles. The maximum atomic E-state index is 4.58. The summed E-state index contributed by atoms with van der Waals surface area (Å²) in [5.74, 6) is 0.780. The van der Waals surface area contributed by atoms with Crippen LogP contribution in [0.4, 0.5) is 0 Å². The number of hydrogen-bond acceptors (Lipinski definition) is 2. The number of aromatic nitrogens is 2. The van der Waals surface area contributed by atoms with Gasteiger partial charge in [0.25, 0.3) is 0 Å². The van der Waals surface area contributed by atoms with Crippen molar-refractivity contribution in [3.05, 3.63) is 60.3 Å². The van der Waals surface area contributed by atoms with Crippen LogP contribution in [-0.2, 0) is 0 Å². The molecule has 0 aliphatic rings. The molecule has 0 radical (unpaired) electrons. The Hall–Kier alpha value is -2.22. The lowest BCUT2D eigenvalue weighted by Gasteiger charge is -2.02. The standard InChI is InChI=1S/C15H12N2/c1-11-7-8-14-13(9-11)10-16-15(17-14)12-5-3-2-4-6-12/h2-10H,1H3. The number of aryl methyl sites for hydroxylation is 1. The summed E-state index contributed by atoms with van der Waals surface area (Å²) in [6.07, 6.45) is 1.89. The maximum absolute atomic E-state index is 4.58. The van der Waals surface area contributed by atoms with Crippen LogP contribution in [0.3, 0.4) is 0 Å². The second kappa shape index (κ2) is 3.98. The van der Waals surface area contributed by atoms with Crippen molar-refractivity contribution < 1.29 is 0 Å². The molecule has 3 aromatic rings. The minimum Gasteiger partial charge on any atom is -0.236 e. The van der Waals surface area contributed by atoms with E-state index in [1.807, 2.05) is 42.6 Å². The van der Waals surface area contributed by atoms with Gasteiger partial charge in [-0.25, -0.2) is 9.97 Å². The van der Waals surface area contributed by atoms with Gasteiger partial charge in [-0.2, -0.15) is 0 Å². The van der Waals surface area contributed by atoms with Gasteiger partial charge in [-0.05, 0) is 19.1 Å². The molecule has 1 aromatic heterocycles. The lowest BCUT2D eigenvalue weighted by molar-refractivity contribution is 1.22. The minimum atomic E-state index is 0.780. The predicted molar refractivity (Wildman–Crippen MR) is 69.7 cm³/mol. The van der Waals surface area contributed by atoms with Crippen LogP contribution in [0.1, 0.15) is 5.56 Å². The van der Waals surface area contributed by atoms with Gasteiger partial charge in [0.05, 0.1) is 5.52 Å². The van der Waals surface area contributed by atoms with Crippen molar-refractivity contribution in [3.63, 3.8) is 0 Å². The first-order valence-electron chi connectivity index (χ1n) is 5.62. The molecular formula is C15H12N2. The Kier molecular flexibility index (Phi) is 2.33. The van der Waals surface area contributed by atoms with Gasteiger partial charge in [0.15, 0.2) is 5.82 Å². The molecule has 2 aromatic carbocycles. The summed E-state index contributed by atoms with van der Waals surface area (Å²) in [7, 11) is 0. The smallest absolute Gasteiger partial charge is 0.159 e. The molecule has 0 fully saturated rings. The third-order valence-corrected chi connectivity index (χ3v) is 2.77. The predicted octanol–water partition coefficient (Wildman–Crippen LogP) is 3.61. The lowest BCUT2D eigenvalue weighted by atomic mass is 10.1. The fourth-order valence-electron chi connectivity index (χ4n) is 1.88. The van der Waals surface area contributed by atoms with Gasteiger partial charge in [-0.15, -0.1) is 0 Å². The minimum absolute atomic E-state index is 0.780. The van der Waals surface area contributed by atoms with Crippen molar-refractivity contribution in [2.75, 3.05) is 0 Å². The number of nitrogens with zero attached hydrogens (tertiary/aromatic N) is 2. The van der Waals surface area contributed by atoms with Gasteiger partial charge in [0, 0.05) is 17.1 Å². The SMILES string of the molecule is Cc1ccc2nc(-c3ccccc3)ncc2c1. The van der Waals surface area contributed by atoms with E-state index in [-0.39, 0.29) is 0 Å². The van der Waals surface area contributed by atoms with Crippen LogP contribution in [0, 0.1) is 6.92 Å². The Morgan fingerprint density at radius 1 is 0.941 bits per heavy atom. The van der Waals surface area contributed by atoms with E-state index >= 15 is 0 Å². The van der Waals surface area contributed by atoms with E-state index in [9.17, 15) is 0 Å². The van der Waals surface area contributed by atoms with Gasteiger partial charge in [0.2, 0.25) is 0 Å². The molecule has 0 N–H and O–H groups in total. The number of rotatable bonds is 1. The molecule has 17 heavy (non-hydrogen) atoms. The summed E-state index contributed by atoms with van der Waals surface area (Å²) < 4.78 is 0. The molecule has 3 rings (SSSR count). The molecule has 2 nitrogen and oxygen atoms in total. The van der Waals surface area contributed by atoms with Crippen molar-refractivity contribution in [3.8, 4) is 11.4 Å². The highest BCUT2D eigenvalue weighted by Gasteiger charge is 2.02. The summed E-state index contributed by atoms with van der Waals surface area (Å²) in [6.45, 7) is 2.07. The van der Waals surface area contributed by atoms with E-state index in [2.05, 4.69) is 29.0 Å². The Balaban J connectivity index is 2.17. The van der Waals surface area contributed by atoms with Crippen LogP contribution in [0.15, 0.2) is 54.7 Å². The third kappa shape index (κ3) is 1.89. The summed E-state index contributed by atoms with van der Waals surface area (Å²) in [5.41, 5.74) is 3.27. The molecule has 2 heteroatoms. The molecule has 0 spiro atoms. The van der Waals surface area contributed by atoms with Gasteiger partial charge < -0.3 is 0 Å². The first kappa shape index (κ1) is 9.97. The quantitative estimate of drug-likeness (QED) is 0.626. The van der Waals surface area contributed by atoms with Crippen molar-refractivity contribution >= 4 is 10.9 Å². The monoisotopic (exact) mass is 220 g/mol. The van der Waals surface area contributed by atoms with E-state index in [4.69, 9.17) is 0 Å². The molecule has 0 atom stereocenters. The van der Waals surface area contributed by atoms with Crippen LogP contribution in [0.5, 0.6) is 0 Å². The Labute approximate surface area is 100.0 Å². The average molecular weight is 220 g/mol. The molecule has 0 saturated carbocycles. The summed E-state index contributed by atoms with van der Waals surface area (Å²) >= 11 is 0. The van der Waals surface area contributed by atoms with Gasteiger partial charge in [-0.3, -0.25) is 0 Å². The van der Waals surface area contributed by atoms with Crippen molar-refractivity contribution in [2.24, 2.45) is 0 Å². The largest absolute Gasteiger partial charge is 0.236 e. The second-order valence-corrected chi connectivity index (χ2v) is 4.12. The topological polar surface area (TPSA) is 25.8 Å². The Bertz CT molecular complexity index is 660. The second-order valence-electron chi connectivity index (χ2n) is 4.12. The van der Waals surface area contributed by atoms with Crippen LogP contribution in [0.25, 0.3) is 22.3 Å². The molecule has 0 unspecified atom stereocenters. The van der Waals surface area contributed by atoms with Crippen LogP contribution in [0.2, 0.25) is 0 Å². The Morgan fingerprint density at radius 3 is 2.59 bits per heavy atom. The van der Waals surface area contributed by atoms with E-state index in [0.29, 0.717) is 0 Å². The molecular weight excluding hydrogens is 208 g/mol. The highest BCUT2D eigenvalue weighted by atomic mass is 14.9. The first-order chi connectivity index (χ1) is 8.33. The number of fused-ring (bicyclic) bond motifs is 1. The zero-order valence-electron chi connectivity index (χ0n) is 9.59. The van der Waals surface area contributed by atoms with E-state index in [1.165, 1.54) is 5.56 Å². The molecule has 0 saturated heterocycles.